The molecule has 0 fully saturated rings. The van der Waals surface area contributed by atoms with Gasteiger partial charge in [0.1, 0.15) is 17.1 Å². The molecule has 4 rings (SSSR count). The zero-order valence-electron chi connectivity index (χ0n) is 16.1. The Morgan fingerprint density at radius 2 is 1.77 bits per heavy atom. The maximum atomic E-state index is 12.8. The Bertz CT molecular complexity index is 1310. The van der Waals surface area contributed by atoms with Gasteiger partial charge in [0.15, 0.2) is 5.65 Å². The monoisotopic (exact) mass is 422 g/mol. The van der Waals surface area contributed by atoms with Crippen molar-refractivity contribution in [2.24, 2.45) is 0 Å². The van der Waals surface area contributed by atoms with E-state index in [4.69, 9.17) is 9.47 Å². The summed E-state index contributed by atoms with van der Waals surface area (Å²) in [5.74, 6) is 0.0424. The Hall–Kier alpha value is -3.65. The lowest BCUT2D eigenvalue weighted by Crippen LogP contribution is -2.14. The Labute approximate surface area is 173 Å². The molecule has 0 aliphatic rings. The van der Waals surface area contributed by atoms with Gasteiger partial charge in [-0.2, -0.15) is 0 Å². The third kappa shape index (κ3) is 3.90. The molecule has 0 atom stereocenters. The first-order valence-corrected chi connectivity index (χ1v) is 10.7. The highest BCUT2D eigenvalue weighted by Gasteiger charge is 2.19. The number of esters is 1. The molecule has 4 aromatic rings. The van der Waals surface area contributed by atoms with E-state index < -0.39 is 16.0 Å². The second-order valence-corrected chi connectivity index (χ2v) is 8.37. The molecule has 0 radical (unpaired) electrons. The number of fused-ring (bicyclic) bond motifs is 1. The maximum absolute atomic E-state index is 12.8. The maximum Gasteiger partial charge on any atom is 0.341 e. The van der Waals surface area contributed by atoms with E-state index in [1.54, 1.807) is 60.7 Å². The van der Waals surface area contributed by atoms with Crippen molar-refractivity contribution < 1.29 is 22.7 Å². The van der Waals surface area contributed by atoms with Gasteiger partial charge in [0.2, 0.25) is 10.0 Å². The van der Waals surface area contributed by atoms with Crippen molar-refractivity contribution in [1.82, 2.24) is 8.96 Å². The van der Waals surface area contributed by atoms with Crippen LogP contribution in [0.3, 0.4) is 0 Å². The largest absolute Gasteiger partial charge is 0.465 e. The standard InChI is InChI=1S/C22H18N2O5S/c1-28-22(25)19-9-5-6-10-20(19)29-18-13-17-11-12-24(21(17)23-14-18)30(26,27)15-16-7-3-2-4-8-16/h2-14H,15H2,1H3. The molecule has 2 heterocycles. The summed E-state index contributed by atoms with van der Waals surface area (Å²) >= 11 is 0. The third-order valence-corrected chi connectivity index (χ3v) is 6.07. The summed E-state index contributed by atoms with van der Waals surface area (Å²) in [5, 5.41) is 0.597. The van der Waals surface area contributed by atoms with Crippen LogP contribution in [0.2, 0.25) is 0 Å². The van der Waals surface area contributed by atoms with Crippen molar-refractivity contribution in [2.45, 2.75) is 5.75 Å². The van der Waals surface area contributed by atoms with Crippen LogP contribution in [0.15, 0.2) is 79.1 Å². The zero-order chi connectivity index (χ0) is 21.1. The first kappa shape index (κ1) is 19.7. The molecule has 7 nitrogen and oxygen atoms in total. The number of pyridine rings is 1. The first-order chi connectivity index (χ1) is 14.5. The summed E-state index contributed by atoms with van der Waals surface area (Å²) < 4.78 is 37.4. The van der Waals surface area contributed by atoms with Crippen LogP contribution >= 0.6 is 0 Å². The van der Waals surface area contributed by atoms with Crippen molar-refractivity contribution in [2.75, 3.05) is 7.11 Å². The first-order valence-electron chi connectivity index (χ1n) is 9.07. The van der Waals surface area contributed by atoms with E-state index in [0.29, 0.717) is 28.1 Å². The highest BCUT2D eigenvalue weighted by atomic mass is 32.2. The highest BCUT2D eigenvalue weighted by Crippen LogP contribution is 2.28. The second kappa shape index (κ2) is 8.00. The molecule has 0 N–H and O–H groups in total. The molecule has 152 valence electrons. The van der Waals surface area contributed by atoms with E-state index in [-0.39, 0.29) is 11.3 Å². The van der Waals surface area contributed by atoms with E-state index in [9.17, 15) is 13.2 Å². The molecule has 0 spiro atoms. The van der Waals surface area contributed by atoms with Crippen LogP contribution in [0.1, 0.15) is 15.9 Å². The smallest absolute Gasteiger partial charge is 0.341 e. The van der Waals surface area contributed by atoms with Gasteiger partial charge < -0.3 is 9.47 Å². The second-order valence-electron chi connectivity index (χ2n) is 6.53. The predicted octanol–water partition coefficient (Wildman–Crippen LogP) is 3.99. The number of hydrogen-bond donors (Lipinski definition) is 0. The average Bonchev–Trinajstić information content (AvgIpc) is 3.18. The molecule has 0 saturated heterocycles. The highest BCUT2D eigenvalue weighted by molar-refractivity contribution is 7.89. The fourth-order valence-electron chi connectivity index (χ4n) is 3.08. The van der Waals surface area contributed by atoms with Crippen molar-refractivity contribution >= 4 is 27.0 Å². The fourth-order valence-corrected chi connectivity index (χ4v) is 4.49. The molecule has 30 heavy (non-hydrogen) atoms. The Morgan fingerprint density at radius 1 is 1.03 bits per heavy atom. The molecule has 0 unspecified atom stereocenters. The van der Waals surface area contributed by atoms with E-state index >= 15 is 0 Å². The van der Waals surface area contributed by atoms with E-state index in [1.807, 2.05) is 6.07 Å². The number of rotatable bonds is 6. The normalized spacial score (nSPS) is 11.4. The van der Waals surface area contributed by atoms with Crippen molar-refractivity contribution in [1.29, 1.82) is 0 Å². The number of hydrogen-bond acceptors (Lipinski definition) is 6. The molecular weight excluding hydrogens is 404 g/mol. The van der Waals surface area contributed by atoms with Crippen LogP contribution in [0.4, 0.5) is 0 Å². The van der Waals surface area contributed by atoms with E-state index in [1.165, 1.54) is 23.5 Å². The minimum atomic E-state index is -3.64. The molecule has 0 bridgehead atoms. The van der Waals surface area contributed by atoms with Crippen LogP contribution in [-0.4, -0.2) is 30.5 Å². The quantitative estimate of drug-likeness (QED) is 0.437. The number of ether oxygens (including phenoxy) is 2. The van der Waals surface area contributed by atoms with Gasteiger partial charge in [0.05, 0.1) is 19.1 Å². The molecule has 2 aromatic carbocycles. The SMILES string of the molecule is COC(=O)c1ccccc1Oc1cnc2c(ccn2S(=O)(=O)Cc2ccccc2)c1. The summed E-state index contributed by atoms with van der Waals surface area (Å²) in [5.41, 5.74) is 1.28. The zero-order valence-corrected chi connectivity index (χ0v) is 16.9. The van der Waals surface area contributed by atoms with Crippen molar-refractivity contribution in [3.05, 3.63) is 90.3 Å². The molecule has 0 saturated carbocycles. The number of carbonyl (C=O) groups is 1. The Balaban J connectivity index is 1.64. The minimum Gasteiger partial charge on any atom is -0.465 e. The fraction of sp³-hybridized carbons (Fsp3) is 0.0909. The molecular formula is C22H18N2O5S. The molecule has 8 heteroatoms. The molecule has 2 aromatic heterocycles. The van der Waals surface area contributed by atoms with Gasteiger partial charge in [-0.1, -0.05) is 42.5 Å². The lowest BCUT2D eigenvalue weighted by molar-refractivity contribution is 0.0598. The number of carbonyl (C=O) groups excluding carboxylic acids is 1. The Morgan fingerprint density at radius 3 is 2.53 bits per heavy atom. The lowest BCUT2D eigenvalue weighted by atomic mass is 10.2. The van der Waals surface area contributed by atoms with Gasteiger partial charge in [-0.25, -0.2) is 22.2 Å². The van der Waals surface area contributed by atoms with Crippen LogP contribution in [0.5, 0.6) is 11.5 Å². The number of aromatic nitrogens is 2. The van der Waals surface area contributed by atoms with E-state index in [0.717, 1.165) is 0 Å². The molecule has 0 aliphatic carbocycles. The van der Waals surface area contributed by atoms with Crippen LogP contribution in [-0.2, 0) is 20.5 Å². The van der Waals surface area contributed by atoms with Gasteiger partial charge in [0.25, 0.3) is 0 Å². The number of methoxy groups -OCH3 is 1. The topological polar surface area (TPSA) is 87.5 Å². The summed E-state index contributed by atoms with van der Waals surface area (Å²) in [4.78, 5) is 16.2. The van der Waals surface area contributed by atoms with E-state index in [2.05, 4.69) is 4.98 Å². The van der Waals surface area contributed by atoms with Crippen LogP contribution < -0.4 is 4.74 Å². The Kier molecular flexibility index (Phi) is 5.24. The summed E-state index contributed by atoms with van der Waals surface area (Å²) in [6.45, 7) is 0. The lowest BCUT2D eigenvalue weighted by Gasteiger charge is -2.10. The number of benzene rings is 2. The number of para-hydroxylation sites is 1. The molecule has 0 aliphatic heterocycles. The van der Waals surface area contributed by atoms with Crippen molar-refractivity contribution in [3.63, 3.8) is 0 Å². The summed E-state index contributed by atoms with van der Waals surface area (Å²) in [6, 6.07) is 19.0. The van der Waals surface area contributed by atoms with Crippen LogP contribution in [0.25, 0.3) is 11.0 Å². The molecule has 0 amide bonds. The van der Waals surface area contributed by atoms with Crippen LogP contribution in [0, 0.1) is 0 Å². The van der Waals surface area contributed by atoms with Crippen molar-refractivity contribution in [3.8, 4) is 11.5 Å². The van der Waals surface area contributed by atoms with Gasteiger partial charge >= 0.3 is 5.97 Å². The third-order valence-electron chi connectivity index (χ3n) is 4.48. The average molecular weight is 422 g/mol. The summed E-state index contributed by atoms with van der Waals surface area (Å²) in [7, 11) is -2.34. The van der Waals surface area contributed by atoms with Gasteiger partial charge in [-0.3, -0.25) is 0 Å². The number of nitrogens with zero attached hydrogens (tertiary/aromatic N) is 2. The van der Waals surface area contributed by atoms with Gasteiger partial charge in [0, 0.05) is 11.6 Å². The predicted molar refractivity (Wildman–Crippen MR) is 112 cm³/mol. The minimum absolute atomic E-state index is 0.135. The van der Waals surface area contributed by atoms with Gasteiger partial charge in [-0.05, 0) is 29.8 Å². The summed E-state index contributed by atoms with van der Waals surface area (Å²) in [6.07, 6.45) is 2.90. The van der Waals surface area contributed by atoms with Gasteiger partial charge in [-0.15, -0.1) is 0 Å².